The van der Waals surface area contributed by atoms with Crippen molar-refractivity contribution < 1.29 is 33.6 Å². The van der Waals surface area contributed by atoms with Crippen LogP contribution in [-0.2, 0) is 16.1 Å². The molecule has 1 aliphatic heterocycles. The molecule has 8 nitrogen and oxygen atoms in total. The molecule has 194 valence electrons. The second-order valence-corrected chi connectivity index (χ2v) is 9.48. The van der Waals surface area contributed by atoms with E-state index in [4.69, 9.17) is 30.5 Å². The van der Waals surface area contributed by atoms with E-state index in [1.807, 2.05) is 24.4 Å². The van der Waals surface area contributed by atoms with Crippen molar-refractivity contribution in [3.8, 4) is 23.0 Å². The molecule has 1 atom stereocenters. The Morgan fingerprint density at radius 2 is 1.76 bits per heavy atom. The number of carbonyl (C=O) groups is 2. The minimum absolute atomic E-state index is 0.105. The molecule has 1 amide bonds. The molecule has 0 spiro atoms. The maximum atomic E-state index is 13.4. The Balaban J connectivity index is 1.96. The Morgan fingerprint density at radius 1 is 1.05 bits per heavy atom. The lowest BCUT2D eigenvalue weighted by Crippen LogP contribution is -2.29. The van der Waals surface area contributed by atoms with E-state index in [9.17, 15) is 14.7 Å². The number of ketones is 1. The summed E-state index contributed by atoms with van der Waals surface area (Å²) in [7, 11) is 4.43. The highest BCUT2D eigenvalue weighted by atomic mass is 35.5. The fourth-order valence-corrected chi connectivity index (χ4v) is 5.22. The van der Waals surface area contributed by atoms with Crippen LogP contribution >= 0.6 is 22.9 Å². The molecule has 4 rings (SSSR count). The number of aliphatic hydroxyl groups is 1. The van der Waals surface area contributed by atoms with Gasteiger partial charge in [-0.05, 0) is 54.3 Å². The van der Waals surface area contributed by atoms with Crippen LogP contribution in [0.1, 0.15) is 29.0 Å². The molecule has 1 aliphatic rings. The maximum Gasteiger partial charge on any atom is 0.295 e. The van der Waals surface area contributed by atoms with Gasteiger partial charge >= 0.3 is 0 Å². The zero-order valence-corrected chi connectivity index (χ0v) is 22.3. The third-order valence-corrected chi connectivity index (χ3v) is 7.14. The largest absolute Gasteiger partial charge is 0.507 e. The predicted octanol–water partition coefficient (Wildman–Crippen LogP) is 5.45. The Morgan fingerprint density at radius 3 is 2.32 bits per heavy atom. The number of ether oxygens (including phenoxy) is 4. The maximum absolute atomic E-state index is 13.4. The van der Waals surface area contributed by atoms with Crippen molar-refractivity contribution in [1.82, 2.24) is 4.90 Å². The number of amides is 1. The zero-order chi connectivity index (χ0) is 26.7. The molecule has 0 aliphatic carbocycles. The van der Waals surface area contributed by atoms with Crippen LogP contribution in [0.2, 0.25) is 5.02 Å². The summed E-state index contributed by atoms with van der Waals surface area (Å²) in [6.45, 7) is 2.39. The SMILES string of the molecule is CCOc1ccc(Cl)c(/C(O)=C2\C(=O)C(=O)N(Cc3cccs3)C2c2cc(OC)c(OC)c(OC)c2)c1. The van der Waals surface area contributed by atoms with E-state index < -0.39 is 23.5 Å². The van der Waals surface area contributed by atoms with Crippen LogP contribution < -0.4 is 18.9 Å². The molecule has 3 aromatic rings. The third kappa shape index (κ3) is 4.97. The van der Waals surface area contributed by atoms with Gasteiger partial charge in [0.15, 0.2) is 11.5 Å². The first-order valence-corrected chi connectivity index (χ1v) is 12.6. The van der Waals surface area contributed by atoms with Gasteiger partial charge in [-0.3, -0.25) is 9.59 Å². The Hall–Kier alpha value is -3.69. The monoisotopic (exact) mass is 543 g/mol. The average molecular weight is 544 g/mol. The fourth-order valence-electron chi connectivity index (χ4n) is 4.31. The summed E-state index contributed by atoms with van der Waals surface area (Å²) in [5.74, 6) is -0.472. The van der Waals surface area contributed by atoms with Crippen molar-refractivity contribution in [2.24, 2.45) is 0 Å². The molecule has 1 aromatic heterocycles. The van der Waals surface area contributed by atoms with E-state index in [1.54, 1.807) is 30.3 Å². The molecule has 0 radical (unpaired) electrons. The number of carbonyl (C=O) groups excluding carboxylic acids is 2. The predicted molar refractivity (Wildman–Crippen MR) is 141 cm³/mol. The van der Waals surface area contributed by atoms with Crippen molar-refractivity contribution in [3.63, 3.8) is 0 Å². The average Bonchev–Trinajstić information content (AvgIpc) is 3.51. The van der Waals surface area contributed by atoms with Crippen molar-refractivity contribution in [2.45, 2.75) is 19.5 Å². The summed E-state index contributed by atoms with van der Waals surface area (Å²) < 4.78 is 22.0. The fraction of sp³-hybridized carbons (Fsp3) is 0.259. The summed E-state index contributed by atoms with van der Waals surface area (Å²) in [6.07, 6.45) is 0. The van der Waals surface area contributed by atoms with Crippen LogP contribution in [0.25, 0.3) is 5.76 Å². The van der Waals surface area contributed by atoms with Gasteiger partial charge in [0.1, 0.15) is 11.5 Å². The molecule has 2 aromatic carbocycles. The molecule has 0 saturated carbocycles. The number of Topliss-reactive ketones (excluding diaryl/α,β-unsaturated/α-hetero) is 1. The first-order chi connectivity index (χ1) is 17.8. The Labute approximate surface area is 223 Å². The van der Waals surface area contributed by atoms with E-state index in [2.05, 4.69) is 0 Å². The van der Waals surface area contributed by atoms with E-state index in [-0.39, 0.29) is 22.7 Å². The number of methoxy groups -OCH3 is 3. The molecule has 10 heteroatoms. The molecular formula is C27H26ClNO7S. The molecule has 1 fully saturated rings. The van der Waals surface area contributed by atoms with Crippen molar-refractivity contribution >= 4 is 40.4 Å². The molecule has 0 bridgehead atoms. The highest BCUT2D eigenvalue weighted by Crippen LogP contribution is 2.47. The third-order valence-electron chi connectivity index (χ3n) is 5.95. The smallest absolute Gasteiger partial charge is 0.295 e. The minimum Gasteiger partial charge on any atom is -0.507 e. The van der Waals surface area contributed by atoms with Crippen LogP contribution in [0.5, 0.6) is 23.0 Å². The number of halogens is 1. The summed E-state index contributed by atoms with van der Waals surface area (Å²) in [5.41, 5.74) is 0.564. The highest BCUT2D eigenvalue weighted by Gasteiger charge is 2.47. The lowest BCUT2D eigenvalue weighted by Gasteiger charge is -2.26. The van der Waals surface area contributed by atoms with Crippen LogP contribution in [0, 0.1) is 0 Å². The van der Waals surface area contributed by atoms with Crippen LogP contribution in [-0.4, -0.2) is 49.6 Å². The highest BCUT2D eigenvalue weighted by molar-refractivity contribution is 7.09. The van der Waals surface area contributed by atoms with E-state index >= 15 is 0 Å². The summed E-state index contributed by atoms with van der Waals surface area (Å²) in [6, 6.07) is 10.9. The Kier molecular flexibility index (Phi) is 7.94. The topological polar surface area (TPSA) is 94.5 Å². The number of benzene rings is 2. The van der Waals surface area contributed by atoms with Gasteiger partial charge < -0.3 is 29.0 Å². The number of thiophene rings is 1. The number of likely N-dealkylation sites (tertiary alicyclic amines) is 1. The van der Waals surface area contributed by atoms with Crippen LogP contribution in [0.3, 0.4) is 0 Å². The van der Waals surface area contributed by atoms with E-state index in [0.29, 0.717) is 35.2 Å². The van der Waals surface area contributed by atoms with Crippen molar-refractivity contribution in [2.75, 3.05) is 27.9 Å². The number of rotatable bonds is 9. The van der Waals surface area contributed by atoms with Gasteiger partial charge in [0.25, 0.3) is 11.7 Å². The lowest BCUT2D eigenvalue weighted by molar-refractivity contribution is -0.140. The lowest BCUT2D eigenvalue weighted by atomic mass is 9.94. The van der Waals surface area contributed by atoms with Gasteiger partial charge in [0, 0.05) is 10.4 Å². The zero-order valence-electron chi connectivity index (χ0n) is 20.7. The minimum atomic E-state index is -0.956. The molecule has 1 saturated heterocycles. The van der Waals surface area contributed by atoms with Gasteiger partial charge in [-0.25, -0.2) is 0 Å². The van der Waals surface area contributed by atoms with E-state index in [0.717, 1.165) is 4.88 Å². The molecular weight excluding hydrogens is 518 g/mol. The summed E-state index contributed by atoms with van der Waals surface area (Å²) in [5, 5.41) is 13.6. The van der Waals surface area contributed by atoms with Gasteiger partial charge in [-0.1, -0.05) is 17.7 Å². The van der Waals surface area contributed by atoms with Gasteiger partial charge in [0.05, 0.1) is 51.1 Å². The number of nitrogens with zero attached hydrogens (tertiary/aromatic N) is 1. The number of hydrogen-bond donors (Lipinski definition) is 1. The van der Waals surface area contributed by atoms with Gasteiger partial charge in [-0.15, -0.1) is 11.3 Å². The van der Waals surface area contributed by atoms with Crippen molar-refractivity contribution in [3.05, 3.63) is 74.4 Å². The molecule has 37 heavy (non-hydrogen) atoms. The quantitative estimate of drug-likeness (QED) is 0.218. The summed E-state index contributed by atoms with van der Waals surface area (Å²) >= 11 is 7.88. The molecule has 1 unspecified atom stereocenters. The van der Waals surface area contributed by atoms with Crippen LogP contribution in [0.15, 0.2) is 53.4 Å². The first-order valence-electron chi connectivity index (χ1n) is 11.4. The summed E-state index contributed by atoms with van der Waals surface area (Å²) in [4.78, 5) is 29.1. The van der Waals surface area contributed by atoms with Crippen molar-refractivity contribution in [1.29, 1.82) is 0 Å². The molecule has 2 heterocycles. The van der Waals surface area contributed by atoms with Gasteiger partial charge in [0.2, 0.25) is 5.75 Å². The Bertz CT molecular complexity index is 1330. The standard InChI is InChI=1S/C27H26ClNO7S/c1-5-36-16-8-9-19(28)18(13-16)24(30)22-23(15-11-20(33-2)26(35-4)21(12-15)34-3)29(27(32)25(22)31)14-17-7-6-10-37-17/h6-13,23,30H,5,14H2,1-4H3/b24-22+. The number of aliphatic hydroxyl groups excluding tert-OH is 1. The van der Waals surface area contributed by atoms with E-state index in [1.165, 1.54) is 37.6 Å². The molecule has 1 N–H and O–H groups in total. The van der Waals surface area contributed by atoms with Gasteiger partial charge in [-0.2, -0.15) is 0 Å². The second kappa shape index (κ2) is 11.1. The second-order valence-electron chi connectivity index (χ2n) is 8.04. The normalized spacial score (nSPS) is 16.7. The number of hydrogen-bond acceptors (Lipinski definition) is 8. The van der Waals surface area contributed by atoms with Crippen LogP contribution in [0.4, 0.5) is 0 Å². The first kappa shape index (κ1) is 26.4.